The fraction of sp³-hybridized carbons (Fsp3) is 0.0625. The van der Waals surface area contributed by atoms with Crippen molar-refractivity contribution in [1.82, 2.24) is 0 Å². The summed E-state index contributed by atoms with van der Waals surface area (Å²) in [4.78, 5) is 11.6. The fourth-order valence-corrected chi connectivity index (χ4v) is 1.68. The Hall–Kier alpha value is -2.76. The summed E-state index contributed by atoms with van der Waals surface area (Å²) in [5, 5.41) is 9.22. The number of aromatic hydroxyl groups is 1. The number of carbonyl (C=O) groups excluding carboxylic acids is 1. The zero-order chi connectivity index (χ0) is 16.2. The summed E-state index contributed by atoms with van der Waals surface area (Å²) in [6.07, 6.45) is -2.20. The lowest BCUT2D eigenvalue weighted by atomic mass is 10.1. The Labute approximate surface area is 124 Å². The maximum atomic E-state index is 12.6. The zero-order valence-corrected chi connectivity index (χ0v) is 11.2. The summed E-state index contributed by atoms with van der Waals surface area (Å²) >= 11 is 0. The molecule has 2 rings (SSSR count). The summed E-state index contributed by atoms with van der Waals surface area (Å²) in [5.41, 5.74) is -0.571. The van der Waals surface area contributed by atoms with Gasteiger partial charge in [-0.1, -0.05) is 18.2 Å². The highest BCUT2D eigenvalue weighted by Crippen LogP contribution is 2.29. The Morgan fingerprint density at radius 1 is 1.09 bits per heavy atom. The monoisotopic (exact) mass is 308 g/mol. The van der Waals surface area contributed by atoms with Crippen LogP contribution in [0.4, 0.5) is 13.2 Å². The predicted octanol–water partition coefficient (Wildman–Crippen LogP) is 4.03. The fourth-order valence-electron chi connectivity index (χ4n) is 1.68. The number of halogens is 3. The minimum atomic E-state index is -4.44. The van der Waals surface area contributed by atoms with E-state index in [2.05, 4.69) is 0 Å². The number of hydrogen-bond donors (Lipinski definition) is 1. The lowest BCUT2D eigenvalue weighted by Crippen LogP contribution is -2.05. The van der Waals surface area contributed by atoms with Crippen molar-refractivity contribution in [1.29, 1.82) is 0 Å². The van der Waals surface area contributed by atoms with Crippen LogP contribution in [0, 0.1) is 0 Å². The Morgan fingerprint density at radius 3 is 2.50 bits per heavy atom. The third-order valence-corrected chi connectivity index (χ3v) is 2.66. The van der Waals surface area contributed by atoms with E-state index in [0.29, 0.717) is 0 Å². The van der Waals surface area contributed by atoms with Crippen LogP contribution in [-0.2, 0) is 11.0 Å². The first-order valence-corrected chi connectivity index (χ1v) is 6.21. The minimum absolute atomic E-state index is 0.0628. The van der Waals surface area contributed by atoms with E-state index in [1.165, 1.54) is 42.5 Å². The van der Waals surface area contributed by atoms with Gasteiger partial charge in [0.2, 0.25) is 0 Å². The third-order valence-electron chi connectivity index (χ3n) is 2.66. The first kappa shape index (κ1) is 15.6. The molecule has 1 N–H and O–H groups in total. The molecule has 2 aromatic rings. The lowest BCUT2D eigenvalue weighted by Gasteiger charge is -2.06. The quantitative estimate of drug-likeness (QED) is 0.529. The van der Waals surface area contributed by atoms with E-state index in [4.69, 9.17) is 4.74 Å². The molecule has 0 aliphatic heterocycles. The van der Waals surface area contributed by atoms with Crippen molar-refractivity contribution in [2.75, 3.05) is 0 Å². The normalized spacial score (nSPS) is 11.6. The van der Waals surface area contributed by atoms with Crippen LogP contribution in [0.2, 0.25) is 0 Å². The van der Waals surface area contributed by atoms with Crippen LogP contribution in [-0.4, -0.2) is 11.1 Å². The molecule has 0 aliphatic carbocycles. The molecule has 0 radical (unpaired) electrons. The predicted molar refractivity (Wildman–Crippen MR) is 74.2 cm³/mol. The summed E-state index contributed by atoms with van der Waals surface area (Å²) in [6, 6.07) is 10.2. The number of rotatable bonds is 3. The van der Waals surface area contributed by atoms with E-state index in [1.54, 1.807) is 0 Å². The molecular formula is C16H11F3O3. The van der Waals surface area contributed by atoms with Crippen molar-refractivity contribution in [3.8, 4) is 11.5 Å². The molecule has 22 heavy (non-hydrogen) atoms. The van der Waals surface area contributed by atoms with Crippen molar-refractivity contribution in [2.45, 2.75) is 6.18 Å². The number of ether oxygens (including phenoxy) is 1. The molecule has 114 valence electrons. The Bertz CT molecular complexity index is 706. The first-order chi connectivity index (χ1) is 10.3. The third kappa shape index (κ3) is 4.37. The Kier molecular flexibility index (Phi) is 4.50. The molecule has 2 aromatic carbocycles. The van der Waals surface area contributed by atoms with E-state index in [9.17, 15) is 23.1 Å². The van der Waals surface area contributed by atoms with Crippen molar-refractivity contribution in [2.24, 2.45) is 0 Å². The van der Waals surface area contributed by atoms with Crippen molar-refractivity contribution < 1.29 is 27.8 Å². The highest BCUT2D eigenvalue weighted by molar-refractivity contribution is 5.88. The molecule has 0 unspecified atom stereocenters. The topological polar surface area (TPSA) is 46.5 Å². The number of esters is 1. The maximum Gasteiger partial charge on any atom is 0.416 e. The standard InChI is InChI=1S/C16H11F3O3/c17-16(18,19)12-4-1-3-11(9-12)7-8-15(21)22-14-6-2-5-13(20)10-14/h1-10,20H/b8-7+. The zero-order valence-electron chi connectivity index (χ0n) is 11.2. The number of phenols is 1. The van der Waals surface area contributed by atoms with Crippen LogP contribution >= 0.6 is 0 Å². The maximum absolute atomic E-state index is 12.6. The summed E-state index contributed by atoms with van der Waals surface area (Å²) in [6.45, 7) is 0. The second-order valence-electron chi connectivity index (χ2n) is 4.38. The summed E-state index contributed by atoms with van der Waals surface area (Å²) < 4.78 is 42.6. The van der Waals surface area contributed by atoms with E-state index in [1.807, 2.05) is 0 Å². The molecule has 0 atom stereocenters. The van der Waals surface area contributed by atoms with Crippen LogP contribution in [0.5, 0.6) is 11.5 Å². The molecule has 0 saturated heterocycles. The molecule has 3 nitrogen and oxygen atoms in total. The van der Waals surface area contributed by atoms with Gasteiger partial charge in [0.25, 0.3) is 0 Å². The second kappa shape index (κ2) is 6.34. The largest absolute Gasteiger partial charge is 0.508 e. The van der Waals surface area contributed by atoms with Gasteiger partial charge < -0.3 is 9.84 Å². The number of carbonyl (C=O) groups is 1. The summed E-state index contributed by atoms with van der Waals surface area (Å²) in [5.74, 6) is -0.686. The molecule has 0 aliphatic rings. The van der Waals surface area contributed by atoms with E-state index >= 15 is 0 Å². The highest BCUT2D eigenvalue weighted by Gasteiger charge is 2.30. The number of phenolic OH excluding ortho intramolecular Hbond substituents is 1. The van der Waals surface area contributed by atoms with Crippen LogP contribution in [0.15, 0.2) is 54.6 Å². The second-order valence-corrected chi connectivity index (χ2v) is 4.38. The van der Waals surface area contributed by atoms with E-state index in [0.717, 1.165) is 18.2 Å². The number of alkyl halides is 3. The smallest absolute Gasteiger partial charge is 0.416 e. The molecule has 0 amide bonds. The molecule has 0 fully saturated rings. The molecule has 0 aromatic heterocycles. The van der Waals surface area contributed by atoms with E-state index in [-0.39, 0.29) is 17.1 Å². The van der Waals surface area contributed by atoms with Gasteiger partial charge in [0.05, 0.1) is 5.56 Å². The van der Waals surface area contributed by atoms with Gasteiger partial charge in [-0.3, -0.25) is 0 Å². The molecule has 0 bridgehead atoms. The molecule has 0 spiro atoms. The van der Waals surface area contributed by atoms with Gasteiger partial charge in [0.15, 0.2) is 0 Å². The van der Waals surface area contributed by atoms with Crippen LogP contribution in [0.25, 0.3) is 6.08 Å². The van der Waals surface area contributed by atoms with Crippen LogP contribution in [0.3, 0.4) is 0 Å². The Morgan fingerprint density at radius 2 is 1.82 bits per heavy atom. The summed E-state index contributed by atoms with van der Waals surface area (Å²) in [7, 11) is 0. The number of benzene rings is 2. The Balaban J connectivity index is 2.07. The van der Waals surface area contributed by atoms with Gasteiger partial charge in [-0.05, 0) is 35.9 Å². The lowest BCUT2D eigenvalue weighted by molar-refractivity contribution is -0.137. The molecular weight excluding hydrogens is 297 g/mol. The SMILES string of the molecule is O=C(/C=C/c1cccc(C(F)(F)F)c1)Oc1cccc(O)c1. The van der Waals surface area contributed by atoms with Gasteiger partial charge >= 0.3 is 12.1 Å². The average Bonchev–Trinajstić information content (AvgIpc) is 2.45. The van der Waals surface area contributed by atoms with Gasteiger partial charge in [0, 0.05) is 12.1 Å². The van der Waals surface area contributed by atoms with Gasteiger partial charge in [-0.15, -0.1) is 0 Å². The molecule has 0 saturated carbocycles. The van der Waals surface area contributed by atoms with Crippen molar-refractivity contribution >= 4 is 12.0 Å². The number of hydrogen-bond acceptors (Lipinski definition) is 3. The van der Waals surface area contributed by atoms with Crippen LogP contribution < -0.4 is 4.74 Å². The highest BCUT2D eigenvalue weighted by atomic mass is 19.4. The van der Waals surface area contributed by atoms with Gasteiger partial charge in [0.1, 0.15) is 11.5 Å². The minimum Gasteiger partial charge on any atom is -0.508 e. The van der Waals surface area contributed by atoms with Crippen molar-refractivity contribution in [3.63, 3.8) is 0 Å². The van der Waals surface area contributed by atoms with Gasteiger partial charge in [-0.2, -0.15) is 13.2 Å². The van der Waals surface area contributed by atoms with Crippen LogP contribution in [0.1, 0.15) is 11.1 Å². The van der Waals surface area contributed by atoms with Gasteiger partial charge in [-0.25, -0.2) is 4.79 Å². The molecule has 6 heteroatoms. The average molecular weight is 308 g/mol. The van der Waals surface area contributed by atoms with Crippen molar-refractivity contribution in [3.05, 3.63) is 65.7 Å². The first-order valence-electron chi connectivity index (χ1n) is 6.21. The molecule has 0 heterocycles. The van der Waals surface area contributed by atoms with E-state index < -0.39 is 17.7 Å².